The molecule has 4 heteroatoms. The van der Waals surface area contributed by atoms with Gasteiger partial charge < -0.3 is 14.8 Å². The zero-order valence-corrected chi connectivity index (χ0v) is 6.91. The number of rotatable bonds is 0. The molecule has 0 spiro atoms. The normalized spacial score (nSPS) is 29.2. The molecule has 1 fully saturated rings. The number of aromatic nitrogens is 1. The first kappa shape index (κ1) is 7.15. The first-order valence-electron chi connectivity index (χ1n) is 4.34. The van der Waals surface area contributed by atoms with Crippen molar-refractivity contribution in [3.8, 4) is 5.75 Å². The van der Waals surface area contributed by atoms with Gasteiger partial charge in [-0.15, -0.1) is 0 Å². The van der Waals surface area contributed by atoms with Gasteiger partial charge in [-0.1, -0.05) is 0 Å². The van der Waals surface area contributed by atoms with E-state index in [9.17, 15) is 9.90 Å². The van der Waals surface area contributed by atoms with E-state index in [0.29, 0.717) is 6.42 Å². The van der Waals surface area contributed by atoms with Crippen molar-refractivity contribution in [1.82, 2.24) is 4.98 Å². The Balaban J connectivity index is 2.25. The molecule has 4 rings (SSSR count). The number of nitrogens with one attached hydrogen (secondary N) is 1. The number of aromatic hydroxyl groups is 1. The smallest absolute Gasteiger partial charge is 0.251 e. The molecular formula is C9H9NO3. The predicted octanol–water partition coefficient (Wildman–Crippen LogP) is 0.467. The van der Waals surface area contributed by atoms with Gasteiger partial charge in [-0.2, -0.15) is 0 Å². The van der Waals surface area contributed by atoms with Crippen molar-refractivity contribution in [2.45, 2.75) is 25.0 Å². The summed E-state index contributed by atoms with van der Waals surface area (Å²) < 4.78 is 5.43. The molecule has 1 saturated heterocycles. The van der Waals surface area contributed by atoms with Crippen LogP contribution in [-0.2, 0) is 11.2 Å². The molecule has 2 bridgehead atoms. The average Bonchev–Trinajstić information content (AvgIpc) is 2.00. The largest absolute Gasteiger partial charge is 0.507 e. The third-order valence-electron chi connectivity index (χ3n) is 2.75. The molecule has 2 unspecified atom stereocenters. The molecule has 4 nitrogen and oxygen atoms in total. The van der Waals surface area contributed by atoms with Gasteiger partial charge in [0.05, 0.1) is 11.8 Å². The van der Waals surface area contributed by atoms with Gasteiger partial charge in [0.25, 0.3) is 5.56 Å². The Kier molecular flexibility index (Phi) is 1.18. The third kappa shape index (κ3) is 0.862. The van der Waals surface area contributed by atoms with Gasteiger partial charge in [0.15, 0.2) is 0 Å². The first-order valence-corrected chi connectivity index (χ1v) is 4.34. The second-order valence-corrected chi connectivity index (χ2v) is 3.60. The van der Waals surface area contributed by atoms with E-state index in [1.807, 2.05) is 0 Å². The number of ether oxygens (including phenoxy) is 1. The van der Waals surface area contributed by atoms with E-state index in [4.69, 9.17) is 4.74 Å². The van der Waals surface area contributed by atoms with Crippen LogP contribution < -0.4 is 5.56 Å². The maximum atomic E-state index is 11.1. The van der Waals surface area contributed by atoms with Gasteiger partial charge in [0.2, 0.25) is 0 Å². The van der Waals surface area contributed by atoms with Crippen LogP contribution in [-0.4, -0.2) is 16.2 Å². The highest BCUT2D eigenvalue weighted by molar-refractivity contribution is 5.39. The maximum absolute atomic E-state index is 11.1. The third-order valence-corrected chi connectivity index (χ3v) is 2.75. The Morgan fingerprint density at radius 1 is 1.62 bits per heavy atom. The van der Waals surface area contributed by atoms with Gasteiger partial charge in [0.1, 0.15) is 11.9 Å². The van der Waals surface area contributed by atoms with Crippen molar-refractivity contribution in [3.05, 3.63) is 27.7 Å². The van der Waals surface area contributed by atoms with Crippen molar-refractivity contribution in [1.29, 1.82) is 0 Å². The van der Waals surface area contributed by atoms with Crippen LogP contribution in [0, 0.1) is 0 Å². The summed E-state index contributed by atoms with van der Waals surface area (Å²) in [5, 5.41) is 9.50. The summed E-state index contributed by atoms with van der Waals surface area (Å²) in [6, 6.07) is 1.23. The monoisotopic (exact) mass is 179 g/mol. The molecule has 1 aromatic rings. The average molecular weight is 179 g/mol. The summed E-state index contributed by atoms with van der Waals surface area (Å²) in [5.41, 5.74) is 1.37. The topological polar surface area (TPSA) is 62.3 Å². The molecule has 0 radical (unpaired) electrons. The zero-order valence-electron chi connectivity index (χ0n) is 6.91. The van der Waals surface area contributed by atoms with Crippen molar-refractivity contribution in [2.24, 2.45) is 0 Å². The summed E-state index contributed by atoms with van der Waals surface area (Å²) in [4.78, 5) is 13.8. The predicted molar refractivity (Wildman–Crippen MR) is 44.7 cm³/mol. The van der Waals surface area contributed by atoms with Crippen LogP contribution in [0.3, 0.4) is 0 Å². The van der Waals surface area contributed by atoms with Crippen molar-refractivity contribution < 1.29 is 9.84 Å². The van der Waals surface area contributed by atoms with Gasteiger partial charge in [-0.3, -0.25) is 4.79 Å². The number of pyridine rings is 1. The molecule has 2 aliphatic heterocycles. The van der Waals surface area contributed by atoms with E-state index in [-0.39, 0.29) is 23.5 Å². The zero-order chi connectivity index (χ0) is 9.00. The van der Waals surface area contributed by atoms with Crippen LogP contribution in [0.2, 0.25) is 0 Å². The summed E-state index contributed by atoms with van der Waals surface area (Å²) in [6.45, 7) is 0. The molecule has 13 heavy (non-hydrogen) atoms. The van der Waals surface area contributed by atoms with Gasteiger partial charge in [-0.05, 0) is 0 Å². The van der Waals surface area contributed by atoms with E-state index in [0.717, 1.165) is 17.7 Å². The Bertz CT molecular complexity index is 417. The molecule has 68 valence electrons. The second kappa shape index (κ2) is 2.14. The summed E-state index contributed by atoms with van der Waals surface area (Å²) in [5.74, 6) is 0.108. The number of hydrogen-bond donors (Lipinski definition) is 2. The highest BCUT2D eigenvalue weighted by atomic mass is 16.5. The molecule has 0 amide bonds. The standard InChI is InChI=1S/C9H9NO3/c11-6-3-8(12)10-9-5(6)1-4-2-7(9)13-4/h3-4,7H,1-2H2,(H2,10,11,12). The molecule has 2 N–H and O–H groups in total. The lowest BCUT2D eigenvalue weighted by atomic mass is 9.86. The highest BCUT2D eigenvalue weighted by Gasteiger charge is 2.40. The summed E-state index contributed by atoms with van der Waals surface area (Å²) >= 11 is 0. The first-order chi connectivity index (χ1) is 6.24. The minimum Gasteiger partial charge on any atom is -0.507 e. The number of hydrogen-bond acceptors (Lipinski definition) is 3. The molecule has 2 atom stereocenters. The fourth-order valence-electron chi connectivity index (χ4n) is 2.09. The fourth-order valence-corrected chi connectivity index (χ4v) is 2.09. The van der Waals surface area contributed by atoms with E-state index in [1.54, 1.807) is 0 Å². The number of aromatic amines is 1. The quantitative estimate of drug-likeness (QED) is 0.608. The molecule has 0 saturated carbocycles. The SMILES string of the molecule is O=c1cc(O)c2c([nH]1)C1CC(C2)O1. The molecule has 0 aromatic carbocycles. The summed E-state index contributed by atoms with van der Waals surface area (Å²) in [7, 11) is 0. The van der Waals surface area contributed by atoms with Gasteiger partial charge in [-0.25, -0.2) is 0 Å². The Morgan fingerprint density at radius 2 is 2.38 bits per heavy atom. The maximum Gasteiger partial charge on any atom is 0.251 e. The number of H-pyrrole nitrogens is 1. The Morgan fingerprint density at radius 3 is 3.15 bits per heavy atom. The summed E-state index contributed by atoms with van der Waals surface area (Å²) in [6.07, 6.45) is 1.93. The van der Waals surface area contributed by atoms with E-state index in [2.05, 4.69) is 4.98 Å². The van der Waals surface area contributed by atoms with E-state index >= 15 is 0 Å². The molecule has 3 heterocycles. The van der Waals surface area contributed by atoms with Crippen LogP contribution in [0.1, 0.15) is 23.8 Å². The molecule has 1 aromatic heterocycles. The minimum absolute atomic E-state index is 0.00792. The van der Waals surface area contributed by atoms with Crippen LogP contribution in [0.4, 0.5) is 0 Å². The minimum atomic E-state index is -0.259. The second-order valence-electron chi connectivity index (χ2n) is 3.60. The molecule has 1 aliphatic carbocycles. The van der Waals surface area contributed by atoms with Crippen molar-refractivity contribution >= 4 is 0 Å². The molecular weight excluding hydrogens is 170 g/mol. The van der Waals surface area contributed by atoms with E-state index < -0.39 is 0 Å². The Labute approximate surface area is 74.2 Å². The van der Waals surface area contributed by atoms with Crippen LogP contribution in [0.25, 0.3) is 0 Å². The van der Waals surface area contributed by atoms with Crippen LogP contribution in [0.5, 0.6) is 5.75 Å². The Hall–Kier alpha value is -1.29. The van der Waals surface area contributed by atoms with E-state index in [1.165, 1.54) is 6.07 Å². The lowest BCUT2D eigenvalue weighted by molar-refractivity contribution is -0.140. The molecule has 3 aliphatic rings. The lowest BCUT2D eigenvalue weighted by Crippen LogP contribution is -2.40. The van der Waals surface area contributed by atoms with Crippen molar-refractivity contribution in [2.75, 3.05) is 0 Å². The van der Waals surface area contributed by atoms with Crippen LogP contribution >= 0.6 is 0 Å². The van der Waals surface area contributed by atoms with Crippen LogP contribution in [0.15, 0.2) is 10.9 Å². The van der Waals surface area contributed by atoms with Gasteiger partial charge >= 0.3 is 0 Å². The fraction of sp³-hybridized carbons (Fsp3) is 0.444. The van der Waals surface area contributed by atoms with Gasteiger partial charge in [0, 0.05) is 24.5 Å². The lowest BCUT2D eigenvalue weighted by Gasteiger charge is -2.42. The van der Waals surface area contributed by atoms with Crippen molar-refractivity contribution in [3.63, 3.8) is 0 Å². The highest BCUT2D eigenvalue weighted by Crippen LogP contribution is 2.44.